The maximum atomic E-state index is 5.41. The Labute approximate surface area is 79.1 Å². The van der Waals surface area contributed by atoms with Crippen LogP contribution < -0.4 is 0 Å². The average molecular weight is 200 g/mol. The van der Waals surface area contributed by atoms with Gasteiger partial charge in [0, 0.05) is 14.7 Å². The van der Waals surface area contributed by atoms with Gasteiger partial charge >= 0.3 is 0 Å². The normalized spacial score (nSPS) is 11.9. The van der Waals surface area contributed by atoms with E-state index in [1.165, 1.54) is 6.04 Å². The van der Waals surface area contributed by atoms with E-state index in [1.54, 1.807) is 11.0 Å². The van der Waals surface area contributed by atoms with Gasteiger partial charge in [0.25, 0.3) is 0 Å². The molecule has 5 nitrogen and oxygen atoms in total. The summed E-state index contributed by atoms with van der Waals surface area (Å²) < 4.78 is 6.98. The molecule has 1 aromatic rings. The van der Waals surface area contributed by atoms with Crippen LogP contribution in [0.1, 0.15) is 0 Å². The topological polar surface area (TPSA) is 52.8 Å². The Hall–Kier alpha value is -0.753. The minimum atomic E-state index is -0.965. The first-order valence-electron chi connectivity index (χ1n) is 4.36. The predicted molar refractivity (Wildman–Crippen MR) is 51.9 cm³/mol. The van der Waals surface area contributed by atoms with Crippen LogP contribution in [0.3, 0.4) is 0 Å². The highest BCUT2D eigenvalue weighted by molar-refractivity contribution is 6.76. The lowest BCUT2D eigenvalue weighted by atomic mass is 10.8. The van der Waals surface area contributed by atoms with Crippen molar-refractivity contribution in [3.05, 3.63) is 6.33 Å². The van der Waals surface area contributed by atoms with E-state index < -0.39 is 8.07 Å². The van der Waals surface area contributed by atoms with Crippen molar-refractivity contribution in [3.63, 3.8) is 0 Å². The maximum Gasteiger partial charge on any atom is 0.142 e. The molecule has 74 valence electrons. The second-order valence-electron chi connectivity index (χ2n) is 4.20. The van der Waals surface area contributed by atoms with Crippen LogP contribution in [-0.2, 0) is 11.5 Å². The van der Waals surface area contributed by atoms with E-state index in [2.05, 4.69) is 35.2 Å². The van der Waals surface area contributed by atoms with Crippen LogP contribution in [-0.4, -0.2) is 34.9 Å². The van der Waals surface area contributed by atoms with Gasteiger partial charge in [-0.25, -0.2) is 4.68 Å². The minimum Gasteiger partial charge on any atom is -0.359 e. The number of ether oxygens (including phenoxy) is 1. The highest BCUT2D eigenvalue weighted by Crippen LogP contribution is 2.07. The molecular formula is C7H16N4OSi. The molecule has 0 radical (unpaired) electrons. The molecule has 0 aromatic carbocycles. The van der Waals surface area contributed by atoms with E-state index in [9.17, 15) is 0 Å². The Kier molecular flexibility index (Phi) is 3.55. The second kappa shape index (κ2) is 4.47. The van der Waals surface area contributed by atoms with Crippen molar-refractivity contribution in [2.45, 2.75) is 32.4 Å². The van der Waals surface area contributed by atoms with Crippen LogP contribution >= 0.6 is 0 Å². The van der Waals surface area contributed by atoms with Crippen LogP contribution in [0.5, 0.6) is 0 Å². The van der Waals surface area contributed by atoms with Gasteiger partial charge in [-0.2, -0.15) is 0 Å². The molecule has 1 rings (SSSR count). The summed E-state index contributed by atoms with van der Waals surface area (Å²) in [5, 5.41) is 10.7. The number of tetrazole rings is 1. The van der Waals surface area contributed by atoms with Crippen molar-refractivity contribution in [2.75, 3.05) is 6.61 Å². The van der Waals surface area contributed by atoms with Gasteiger partial charge in [0.05, 0.1) is 0 Å². The smallest absolute Gasteiger partial charge is 0.142 e. The second-order valence-corrected chi connectivity index (χ2v) is 9.82. The molecule has 0 aliphatic carbocycles. The average Bonchev–Trinajstić information content (AvgIpc) is 2.48. The quantitative estimate of drug-likeness (QED) is 0.525. The first-order chi connectivity index (χ1) is 6.08. The maximum absolute atomic E-state index is 5.41. The van der Waals surface area contributed by atoms with E-state index in [0.29, 0.717) is 6.73 Å². The lowest BCUT2D eigenvalue weighted by molar-refractivity contribution is 0.0771. The third kappa shape index (κ3) is 4.74. The lowest BCUT2D eigenvalue weighted by Crippen LogP contribution is -2.22. The molecule has 0 saturated carbocycles. The molecular weight excluding hydrogens is 184 g/mol. The van der Waals surface area contributed by atoms with Crippen molar-refractivity contribution < 1.29 is 4.74 Å². The molecule has 0 atom stereocenters. The molecule has 0 saturated heterocycles. The Morgan fingerprint density at radius 3 is 2.69 bits per heavy atom. The van der Waals surface area contributed by atoms with Gasteiger partial charge in [-0.1, -0.05) is 19.6 Å². The minimum absolute atomic E-state index is 0.456. The van der Waals surface area contributed by atoms with E-state index in [4.69, 9.17) is 4.74 Å². The van der Waals surface area contributed by atoms with Crippen molar-refractivity contribution in [2.24, 2.45) is 0 Å². The monoisotopic (exact) mass is 200 g/mol. The standard InChI is InChI=1S/C7H16N4OSi/c1-13(2,3)5-4-12-7-11-6-8-9-10-11/h6H,4-5,7H2,1-3H3. The fraction of sp³-hybridized carbons (Fsp3) is 0.857. The molecule has 0 fully saturated rings. The molecule has 0 spiro atoms. The molecule has 0 aliphatic heterocycles. The lowest BCUT2D eigenvalue weighted by Gasteiger charge is -2.14. The van der Waals surface area contributed by atoms with Crippen LogP contribution in [0.4, 0.5) is 0 Å². The van der Waals surface area contributed by atoms with E-state index in [-0.39, 0.29) is 0 Å². The Morgan fingerprint density at radius 2 is 2.15 bits per heavy atom. The van der Waals surface area contributed by atoms with Gasteiger partial charge in [0.2, 0.25) is 0 Å². The zero-order valence-electron chi connectivity index (χ0n) is 8.40. The summed E-state index contributed by atoms with van der Waals surface area (Å²) in [5.41, 5.74) is 0. The summed E-state index contributed by atoms with van der Waals surface area (Å²) in [4.78, 5) is 0. The number of hydrogen-bond donors (Lipinski definition) is 0. The molecule has 0 N–H and O–H groups in total. The fourth-order valence-corrected chi connectivity index (χ4v) is 1.53. The van der Waals surface area contributed by atoms with Crippen molar-refractivity contribution in [1.82, 2.24) is 20.2 Å². The van der Waals surface area contributed by atoms with Gasteiger partial charge in [0.15, 0.2) is 0 Å². The first kappa shape index (κ1) is 10.3. The molecule has 0 amide bonds. The summed E-state index contributed by atoms with van der Waals surface area (Å²) >= 11 is 0. The summed E-state index contributed by atoms with van der Waals surface area (Å²) in [6, 6.07) is 1.18. The summed E-state index contributed by atoms with van der Waals surface area (Å²) in [6.07, 6.45) is 1.55. The van der Waals surface area contributed by atoms with Crippen LogP contribution in [0.15, 0.2) is 6.33 Å². The molecule has 1 aromatic heterocycles. The van der Waals surface area contributed by atoms with Crippen molar-refractivity contribution in [3.8, 4) is 0 Å². The van der Waals surface area contributed by atoms with E-state index in [0.717, 1.165) is 6.61 Å². The van der Waals surface area contributed by atoms with Gasteiger partial charge < -0.3 is 4.74 Å². The number of nitrogens with zero attached hydrogens (tertiary/aromatic N) is 4. The third-order valence-corrected chi connectivity index (χ3v) is 3.32. The third-order valence-electron chi connectivity index (χ3n) is 1.61. The van der Waals surface area contributed by atoms with Gasteiger partial charge in [-0.05, 0) is 16.5 Å². The van der Waals surface area contributed by atoms with Crippen LogP contribution in [0, 0.1) is 0 Å². The summed E-state index contributed by atoms with van der Waals surface area (Å²) in [7, 11) is -0.965. The van der Waals surface area contributed by atoms with Crippen molar-refractivity contribution in [1.29, 1.82) is 0 Å². The zero-order valence-corrected chi connectivity index (χ0v) is 9.40. The Balaban J connectivity index is 2.09. The summed E-state index contributed by atoms with van der Waals surface area (Å²) in [6.45, 7) is 8.24. The number of rotatable bonds is 5. The summed E-state index contributed by atoms with van der Waals surface area (Å²) in [5.74, 6) is 0. The van der Waals surface area contributed by atoms with Gasteiger partial charge in [-0.3, -0.25) is 0 Å². The van der Waals surface area contributed by atoms with E-state index >= 15 is 0 Å². The predicted octanol–water partition coefficient (Wildman–Crippen LogP) is 0.985. The van der Waals surface area contributed by atoms with Gasteiger partial charge in [0.1, 0.15) is 13.1 Å². The zero-order chi connectivity index (χ0) is 9.73. The highest BCUT2D eigenvalue weighted by atomic mass is 28.3. The van der Waals surface area contributed by atoms with Gasteiger partial charge in [-0.15, -0.1) is 5.10 Å². The highest BCUT2D eigenvalue weighted by Gasteiger charge is 2.11. The van der Waals surface area contributed by atoms with Crippen LogP contribution in [0.25, 0.3) is 0 Å². The molecule has 0 unspecified atom stereocenters. The largest absolute Gasteiger partial charge is 0.359 e. The molecule has 1 heterocycles. The van der Waals surface area contributed by atoms with Crippen molar-refractivity contribution >= 4 is 8.07 Å². The molecule has 13 heavy (non-hydrogen) atoms. The molecule has 6 heteroatoms. The number of aromatic nitrogens is 4. The SMILES string of the molecule is C[Si](C)(C)CCOCn1cnnn1. The Morgan fingerprint density at radius 1 is 1.38 bits per heavy atom. The molecule has 0 aliphatic rings. The van der Waals surface area contributed by atoms with E-state index in [1.807, 2.05) is 0 Å². The Bertz CT molecular complexity index is 231. The van der Waals surface area contributed by atoms with Crippen LogP contribution in [0.2, 0.25) is 25.7 Å². The number of hydrogen-bond acceptors (Lipinski definition) is 4. The first-order valence-corrected chi connectivity index (χ1v) is 8.07. The fourth-order valence-electron chi connectivity index (χ4n) is 0.776. The molecule has 0 bridgehead atoms.